The van der Waals surface area contributed by atoms with Gasteiger partial charge in [-0.3, -0.25) is 9.59 Å². The van der Waals surface area contributed by atoms with E-state index in [0.717, 1.165) is 12.1 Å². The zero-order valence-electron chi connectivity index (χ0n) is 12.4. The number of hydrogen-bond donors (Lipinski definition) is 1. The average molecular weight is 286 g/mol. The highest BCUT2D eigenvalue weighted by molar-refractivity contribution is 5.91. The van der Waals surface area contributed by atoms with Gasteiger partial charge in [0.25, 0.3) is 0 Å². The van der Waals surface area contributed by atoms with Gasteiger partial charge in [-0.05, 0) is 31.2 Å². The molecular weight excluding hydrogens is 264 g/mol. The molecule has 2 atom stereocenters. The molecule has 2 amide bonds. The standard InChI is InChI=1S/C17H22N2O2/c1-12-10-15(20)18-16(14-8-3-2-4-9-14)17(21)19(12)11-13-6-5-7-13/h2-4,8-9,12-13,16H,5-7,10-11H2,1H3,(H,18,20). The van der Waals surface area contributed by atoms with Crippen molar-refractivity contribution >= 4 is 11.8 Å². The summed E-state index contributed by atoms with van der Waals surface area (Å²) < 4.78 is 0. The molecule has 0 radical (unpaired) electrons. The maximum absolute atomic E-state index is 12.9. The molecule has 1 saturated carbocycles. The van der Waals surface area contributed by atoms with Crippen LogP contribution in [-0.2, 0) is 9.59 Å². The first-order chi connectivity index (χ1) is 10.1. The Morgan fingerprint density at radius 2 is 1.90 bits per heavy atom. The van der Waals surface area contributed by atoms with Crippen molar-refractivity contribution in [2.24, 2.45) is 5.92 Å². The molecule has 112 valence electrons. The number of nitrogens with one attached hydrogen (secondary N) is 1. The number of carbonyl (C=O) groups excluding carboxylic acids is 2. The van der Waals surface area contributed by atoms with Crippen LogP contribution in [0.15, 0.2) is 30.3 Å². The summed E-state index contributed by atoms with van der Waals surface area (Å²) in [5, 5.41) is 2.88. The number of carbonyl (C=O) groups is 2. The van der Waals surface area contributed by atoms with Crippen molar-refractivity contribution < 1.29 is 9.59 Å². The number of amides is 2. The summed E-state index contributed by atoms with van der Waals surface area (Å²) in [5.74, 6) is 0.605. The van der Waals surface area contributed by atoms with Crippen molar-refractivity contribution in [2.45, 2.75) is 44.7 Å². The normalized spacial score (nSPS) is 27.0. The molecule has 3 rings (SSSR count). The first kappa shape index (κ1) is 14.1. The number of hydrogen-bond acceptors (Lipinski definition) is 2. The molecule has 0 spiro atoms. The summed E-state index contributed by atoms with van der Waals surface area (Å²) in [5.41, 5.74) is 0.864. The van der Waals surface area contributed by atoms with Crippen molar-refractivity contribution in [1.82, 2.24) is 10.2 Å². The van der Waals surface area contributed by atoms with Crippen molar-refractivity contribution in [3.63, 3.8) is 0 Å². The van der Waals surface area contributed by atoms with E-state index in [1.807, 2.05) is 42.2 Å². The maximum atomic E-state index is 12.9. The molecule has 1 saturated heterocycles. The molecular formula is C17H22N2O2. The fourth-order valence-electron chi connectivity index (χ4n) is 3.14. The predicted octanol–water partition coefficient (Wildman–Crippen LogP) is 2.26. The molecule has 4 heteroatoms. The van der Waals surface area contributed by atoms with Crippen molar-refractivity contribution in [2.75, 3.05) is 6.54 Å². The van der Waals surface area contributed by atoms with Gasteiger partial charge in [0.05, 0.1) is 0 Å². The maximum Gasteiger partial charge on any atom is 0.250 e. The van der Waals surface area contributed by atoms with Gasteiger partial charge >= 0.3 is 0 Å². The second-order valence-electron chi connectivity index (χ2n) is 6.25. The van der Waals surface area contributed by atoms with Crippen LogP contribution < -0.4 is 5.32 Å². The third kappa shape index (κ3) is 2.94. The number of nitrogens with zero attached hydrogens (tertiary/aromatic N) is 1. The zero-order chi connectivity index (χ0) is 14.8. The van der Waals surface area contributed by atoms with E-state index in [9.17, 15) is 9.59 Å². The Morgan fingerprint density at radius 1 is 1.19 bits per heavy atom. The first-order valence-electron chi connectivity index (χ1n) is 7.80. The molecule has 2 unspecified atom stereocenters. The van der Waals surface area contributed by atoms with Crippen LogP contribution >= 0.6 is 0 Å². The summed E-state index contributed by atoms with van der Waals surface area (Å²) >= 11 is 0. The average Bonchev–Trinajstić information content (AvgIpc) is 2.53. The van der Waals surface area contributed by atoms with E-state index in [1.165, 1.54) is 19.3 Å². The molecule has 0 aromatic heterocycles. The van der Waals surface area contributed by atoms with Crippen LogP contribution in [0.1, 0.15) is 44.2 Å². The molecule has 1 aliphatic heterocycles. The third-order valence-electron chi connectivity index (χ3n) is 4.66. The van der Waals surface area contributed by atoms with E-state index in [0.29, 0.717) is 12.3 Å². The summed E-state index contributed by atoms with van der Waals surface area (Å²) in [6, 6.07) is 8.97. The molecule has 1 aromatic rings. The van der Waals surface area contributed by atoms with Gasteiger partial charge in [-0.15, -0.1) is 0 Å². The van der Waals surface area contributed by atoms with Crippen LogP contribution in [0.4, 0.5) is 0 Å². The van der Waals surface area contributed by atoms with E-state index < -0.39 is 6.04 Å². The van der Waals surface area contributed by atoms with Crippen LogP contribution in [0.5, 0.6) is 0 Å². The van der Waals surface area contributed by atoms with Crippen LogP contribution in [0.2, 0.25) is 0 Å². The van der Waals surface area contributed by atoms with Gasteiger partial charge in [0.1, 0.15) is 6.04 Å². The van der Waals surface area contributed by atoms with Crippen molar-refractivity contribution in [1.29, 1.82) is 0 Å². The first-order valence-corrected chi connectivity index (χ1v) is 7.80. The second-order valence-corrected chi connectivity index (χ2v) is 6.25. The lowest BCUT2D eigenvalue weighted by Gasteiger charge is -2.35. The Kier molecular flexibility index (Phi) is 3.95. The van der Waals surface area contributed by atoms with Gasteiger partial charge in [0.15, 0.2) is 0 Å². The monoisotopic (exact) mass is 286 g/mol. The molecule has 4 nitrogen and oxygen atoms in total. The Labute approximate surface area is 125 Å². The SMILES string of the molecule is CC1CC(=O)NC(c2ccccc2)C(=O)N1CC1CCC1. The Bertz CT molecular complexity index is 525. The summed E-state index contributed by atoms with van der Waals surface area (Å²) in [6.07, 6.45) is 4.06. The van der Waals surface area contributed by atoms with Gasteiger partial charge in [0.2, 0.25) is 11.8 Å². The lowest BCUT2D eigenvalue weighted by Crippen LogP contribution is -2.45. The molecule has 1 aliphatic carbocycles. The molecule has 2 aliphatic rings. The summed E-state index contributed by atoms with van der Waals surface area (Å²) in [6.45, 7) is 2.77. The highest BCUT2D eigenvalue weighted by Crippen LogP contribution is 2.30. The molecule has 21 heavy (non-hydrogen) atoms. The second kappa shape index (κ2) is 5.88. The highest BCUT2D eigenvalue weighted by atomic mass is 16.2. The smallest absolute Gasteiger partial charge is 0.250 e. The molecule has 1 N–H and O–H groups in total. The van der Waals surface area contributed by atoms with Crippen LogP contribution in [0.25, 0.3) is 0 Å². The molecule has 2 fully saturated rings. The van der Waals surface area contributed by atoms with Crippen LogP contribution in [0.3, 0.4) is 0 Å². The quantitative estimate of drug-likeness (QED) is 0.926. The topological polar surface area (TPSA) is 49.4 Å². The van der Waals surface area contributed by atoms with E-state index in [4.69, 9.17) is 0 Å². The van der Waals surface area contributed by atoms with Gasteiger partial charge in [-0.2, -0.15) is 0 Å². The van der Waals surface area contributed by atoms with Gasteiger partial charge in [-0.1, -0.05) is 36.8 Å². The van der Waals surface area contributed by atoms with E-state index in [1.54, 1.807) is 0 Å². The van der Waals surface area contributed by atoms with Gasteiger partial charge in [-0.25, -0.2) is 0 Å². The van der Waals surface area contributed by atoms with E-state index in [-0.39, 0.29) is 17.9 Å². The van der Waals surface area contributed by atoms with Crippen molar-refractivity contribution in [3.8, 4) is 0 Å². The number of rotatable bonds is 3. The lowest BCUT2D eigenvalue weighted by molar-refractivity contribution is -0.136. The van der Waals surface area contributed by atoms with E-state index in [2.05, 4.69) is 5.32 Å². The molecule has 1 heterocycles. The Morgan fingerprint density at radius 3 is 2.52 bits per heavy atom. The Balaban J connectivity index is 1.85. The largest absolute Gasteiger partial charge is 0.340 e. The van der Waals surface area contributed by atoms with Crippen molar-refractivity contribution in [3.05, 3.63) is 35.9 Å². The summed E-state index contributed by atoms with van der Waals surface area (Å²) in [4.78, 5) is 26.9. The van der Waals surface area contributed by atoms with E-state index >= 15 is 0 Å². The van der Waals surface area contributed by atoms with Crippen LogP contribution in [0, 0.1) is 5.92 Å². The molecule has 0 bridgehead atoms. The third-order valence-corrected chi connectivity index (χ3v) is 4.66. The fraction of sp³-hybridized carbons (Fsp3) is 0.529. The summed E-state index contributed by atoms with van der Waals surface area (Å²) in [7, 11) is 0. The fourth-order valence-corrected chi connectivity index (χ4v) is 3.14. The number of benzene rings is 1. The minimum atomic E-state index is -0.538. The zero-order valence-corrected chi connectivity index (χ0v) is 12.4. The molecule has 1 aromatic carbocycles. The Hall–Kier alpha value is -1.84. The minimum Gasteiger partial charge on any atom is -0.340 e. The van der Waals surface area contributed by atoms with Gasteiger partial charge in [0, 0.05) is 19.0 Å². The minimum absolute atomic E-state index is 0.0215. The lowest BCUT2D eigenvalue weighted by atomic mass is 9.84. The van der Waals surface area contributed by atoms with Crippen LogP contribution in [-0.4, -0.2) is 29.3 Å². The van der Waals surface area contributed by atoms with Gasteiger partial charge < -0.3 is 10.2 Å². The highest BCUT2D eigenvalue weighted by Gasteiger charge is 2.36. The predicted molar refractivity (Wildman–Crippen MR) is 80.5 cm³/mol.